The number of ether oxygens (including phenoxy) is 1. The highest BCUT2D eigenvalue weighted by Crippen LogP contribution is 2.17. The maximum Gasteiger partial charge on any atom is 0.306 e. The molecule has 0 bridgehead atoms. The summed E-state index contributed by atoms with van der Waals surface area (Å²) < 4.78 is 5.92. The second kappa shape index (κ2) is 50.3. The number of rotatable bonds is 47. The van der Waals surface area contributed by atoms with E-state index in [1.54, 1.807) is 0 Å². The summed E-state index contributed by atoms with van der Waals surface area (Å²) >= 11 is 0. The Morgan fingerprint density at radius 1 is 0.476 bits per heavy atom. The number of esters is 1. The molecule has 0 aromatic rings. The molecule has 63 heavy (non-hydrogen) atoms. The average molecular weight is 880 g/mol. The first-order valence-electron chi connectivity index (χ1n) is 26.7. The van der Waals surface area contributed by atoms with Gasteiger partial charge in [0.1, 0.15) is 6.10 Å². The standard InChI is InChI=1S/C57H101NO5/c1-4-7-10-13-16-19-21-23-25-27-28-29-31-33-35-38-41-44-47-50-57(62)63-53(48-45-42-39-37-34-32-30-26-24-22-20-17-14-11-8-5-2)51-56(61)58-54(52-59)55(60)49-46-43-40-36-18-15-12-9-6-3/h16-17,19-20,22-26,30,32,34,53-55,59-60H,4-15,18,21,27-29,31,33,35-52H2,1-3H3,(H,58,61)/b19-16-,20-17+,24-22+,25-23-,30-26+,34-32+. The maximum atomic E-state index is 13.2. The quantitative estimate of drug-likeness (QED) is 0.0245. The fourth-order valence-corrected chi connectivity index (χ4v) is 7.77. The smallest absolute Gasteiger partial charge is 0.306 e. The Labute approximate surface area is 390 Å². The van der Waals surface area contributed by atoms with Crippen LogP contribution in [0.4, 0.5) is 0 Å². The Kier molecular flexibility index (Phi) is 48.1. The summed E-state index contributed by atoms with van der Waals surface area (Å²) in [6.45, 7) is 6.39. The van der Waals surface area contributed by atoms with E-state index in [2.05, 4.69) is 92.9 Å². The van der Waals surface area contributed by atoms with Gasteiger partial charge >= 0.3 is 5.97 Å². The average Bonchev–Trinajstić information content (AvgIpc) is 3.28. The van der Waals surface area contributed by atoms with E-state index in [4.69, 9.17) is 4.74 Å². The third-order valence-electron chi connectivity index (χ3n) is 11.9. The van der Waals surface area contributed by atoms with Crippen LogP contribution in [0.1, 0.15) is 252 Å². The van der Waals surface area contributed by atoms with Crippen LogP contribution in [0.5, 0.6) is 0 Å². The van der Waals surface area contributed by atoms with Crippen LogP contribution in [0.25, 0.3) is 0 Å². The van der Waals surface area contributed by atoms with Crippen molar-refractivity contribution in [3.8, 4) is 0 Å². The Hall–Kier alpha value is -2.70. The van der Waals surface area contributed by atoms with Crippen LogP contribution in [-0.2, 0) is 14.3 Å². The van der Waals surface area contributed by atoms with E-state index in [0.717, 1.165) is 77.0 Å². The zero-order valence-corrected chi connectivity index (χ0v) is 41.4. The summed E-state index contributed by atoms with van der Waals surface area (Å²) in [4.78, 5) is 26.2. The second-order valence-corrected chi connectivity index (χ2v) is 18.0. The van der Waals surface area contributed by atoms with Crippen LogP contribution in [0.3, 0.4) is 0 Å². The van der Waals surface area contributed by atoms with Crippen LogP contribution in [-0.4, -0.2) is 46.9 Å². The van der Waals surface area contributed by atoms with Gasteiger partial charge in [-0.25, -0.2) is 0 Å². The number of hydrogen-bond donors (Lipinski definition) is 3. The maximum absolute atomic E-state index is 13.2. The number of nitrogens with one attached hydrogen (secondary N) is 1. The molecule has 6 heteroatoms. The first-order valence-corrected chi connectivity index (χ1v) is 26.7. The van der Waals surface area contributed by atoms with Crippen molar-refractivity contribution in [2.24, 2.45) is 0 Å². The molecule has 3 N–H and O–H groups in total. The highest BCUT2D eigenvalue weighted by atomic mass is 16.5. The van der Waals surface area contributed by atoms with E-state index < -0.39 is 18.2 Å². The molecule has 0 aliphatic rings. The molecule has 0 aromatic heterocycles. The molecular weight excluding hydrogens is 779 g/mol. The highest BCUT2D eigenvalue weighted by Gasteiger charge is 2.24. The molecule has 0 spiro atoms. The lowest BCUT2D eigenvalue weighted by Gasteiger charge is -2.24. The van der Waals surface area contributed by atoms with Crippen LogP contribution in [0.2, 0.25) is 0 Å². The van der Waals surface area contributed by atoms with Crippen molar-refractivity contribution < 1.29 is 24.5 Å². The molecular formula is C57H101NO5. The topological polar surface area (TPSA) is 95.9 Å². The molecule has 0 aromatic carbocycles. The van der Waals surface area contributed by atoms with Crippen LogP contribution in [0, 0.1) is 0 Å². The molecule has 1 amide bonds. The zero-order valence-electron chi connectivity index (χ0n) is 41.4. The van der Waals surface area contributed by atoms with Gasteiger partial charge < -0.3 is 20.3 Å². The molecule has 6 nitrogen and oxygen atoms in total. The van der Waals surface area contributed by atoms with Gasteiger partial charge in [0.25, 0.3) is 0 Å². The van der Waals surface area contributed by atoms with E-state index in [-0.39, 0.29) is 24.9 Å². The summed E-state index contributed by atoms with van der Waals surface area (Å²) in [6.07, 6.45) is 63.9. The molecule has 0 saturated carbocycles. The fourth-order valence-electron chi connectivity index (χ4n) is 7.77. The first kappa shape index (κ1) is 60.3. The van der Waals surface area contributed by atoms with Gasteiger partial charge in [-0.3, -0.25) is 9.59 Å². The highest BCUT2D eigenvalue weighted by molar-refractivity contribution is 5.77. The molecule has 3 unspecified atom stereocenters. The van der Waals surface area contributed by atoms with Crippen molar-refractivity contribution in [3.05, 3.63) is 72.9 Å². The summed E-state index contributed by atoms with van der Waals surface area (Å²) in [6, 6.07) is -0.717. The van der Waals surface area contributed by atoms with Crippen LogP contribution in [0.15, 0.2) is 72.9 Å². The summed E-state index contributed by atoms with van der Waals surface area (Å²) in [5.74, 6) is -0.518. The fraction of sp³-hybridized carbons (Fsp3) is 0.754. The minimum atomic E-state index is -0.801. The summed E-state index contributed by atoms with van der Waals surface area (Å²) in [5, 5.41) is 23.7. The normalized spacial score (nSPS) is 13.8. The van der Waals surface area contributed by atoms with Gasteiger partial charge in [0.05, 0.1) is 25.2 Å². The van der Waals surface area contributed by atoms with Gasteiger partial charge in [-0.2, -0.15) is 0 Å². The third-order valence-corrected chi connectivity index (χ3v) is 11.9. The zero-order chi connectivity index (χ0) is 45.9. The van der Waals surface area contributed by atoms with E-state index in [0.29, 0.717) is 19.3 Å². The molecule has 0 fully saturated rings. The number of allylic oxidation sites excluding steroid dienone is 12. The van der Waals surface area contributed by atoms with Gasteiger partial charge in [0, 0.05) is 6.42 Å². The molecule has 0 heterocycles. The van der Waals surface area contributed by atoms with E-state index >= 15 is 0 Å². The van der Waals surface area contributed by atoms with Gasteiger partial charge in [0.2, 0.25) is 5.91 Å². The van der Waals surface area contributed by atoms with E-state index in [1.165, 1.54) is 128 Å². The lowest BCUT2D eigenvalue weighted by molar-refractivity contribution is -0.151. The summed E-state index contributed by atoms with van der Waals surface area (Å²) in [7, 11) is 0. The van der Waals surface area contributed by atoms with Crippen LogP contribution < -0.4 is 5.32 Å². The molecule has 364 valence electrons. The number of carbonyl (C=O) groups excluding carboxylic acids is 2. The molecule has 3 atom stereocenters. The first-order chi connectivity index (χ1) is 31.0. The lowest BCUT2D eigenvalue weighted by atomic mass is 10.0. The summed E-state index contributed by atoms with van der Waals surface area (Å²) in [5.41, 5.74) is 0. The number of aliphatic hydroxyl groups excluding tert-OH is 2. The largest absolute Gasteiger partial charge is 0.462 e. The SMILES string of the molecule is CCCCC/C=C\C/C=C\CCCCCCCCCCCC(=O)OC(CCCCC/C=C/C=C/C=C/C=C/CCCCC)CC(=O)NC(CO)C(O)CCCCCCCCCCC. The van der Waals surface area contributed by atoms with Crippen molar-refractivity contribution in [1.82, 2.24) is 5.32 Å². The Morgan fingerprint density at radius 2 is 0.873 bits per heavy atom. The van der Waals surface area contributed by atoms with Gasteiger partial charge in [-0.1, -0.05) is 229 Å². The van der Waals surface area contributed by atoms with Gasteiger partial charge in [0.15, 0.2) is 0 Å². The van der Waals surface area contributed by atoms with Crippen LogP contribution >= 0.6 is 0 Å². The number of unbranched alkanes of at least 4 members (excludes halogenated alkanes) is 26. The predicted octanol–water partition coefficient (Wildman–Crippen LogP) is 16.2. The Balaban J connectivity index is 4.63. The number of aliphatic hydroxyl groups is 2. The minimum Gasteiger partial charge on any atom is -0.462 e. The van der Waals surface area contributed by atoms with Crippen molar-refractivity contribution in [3.63, 3.8) is 0 Å². The second-order valence-electron chi connectivity index (χ2n) is 18.0. The Bertz CT molecular complexity index is 1170. The van der Waals surface area contributed by atoms with Gasteiger partial charge in [-0.15, -0.1) is 0 Å². The van der Waals surface area contributed by atoms with Gasteiger partial charge in [-0.05, 0) is 83.5 Å². The van der Waals surface area contributed by atoms with E-state index in [9.17, 15) is 19.8 Å². The monoisotopic (exact) mass is 880 g/mol. The minimum absolute atomic E-state index is 0.0476. The van der Waals surface area contributed by atoms with Crippen molar-refractivity contribution in [2.75, 3.05) is 6.61 Å². The van der Waals surface area contributed by atoms with E-state index in [1.807, 2.05) is 6.08 Å². The van der Waals surface area contributed by atoms with Crippen molar-refractivity contribution >= 4 is 11.9 Å². The molecule has 0 aliphatic carbocycles. The number of carbonyl (C=O) groups is 2. The third kappa shape index (κ3) is 45.7. The number of hydrogen-bond acceptors (Lipinski definition) is 5. The van der Waals surface area contributed by atoms with Crippen molar-refractivity contribution in [1.29, 1.82) is 0 Å². The number of amides is 1. The van der Waals surface area contributed by atoms with Crippen molar-refractivity contribution in [2.45, 2.75) is 270 Å². The predicted molar refractivity (Wildman–Crippen MR) is 273 cm³/mol. The lowest BCUT2D eigenvalue weighted by Crippen LogP contribution is -2.46. The molecule has 0 aliphatic heterocycles. The molecule has 0 saturated heterocycles. The Morgan fingerprint density at radius 3 is 1.40 bits per heavy atom. The molecule has 0 radical (unpaired) electrons. The molecule has 0 rings (SSSR count).